The fourth-order valence-electron chi connectivity index (χ4n) is 3.50. The van der Waals surface area contributed by atoms with Gasteiger partial charge in [0.15, 0.2) is 0 Å². The number of ether oxygens (including phenoxy) is 1. The maximum absolute atomic E-state index is 13.5. The minimum atomic E-state index is -1.27. The molecule has 0 aromatic heterocycles. The summed E-state index contributed by atoms with van der Waals surface area (Å²) in [6.07, 6.45) is 6.88. The van der Waals surface area contributed by atoms with Crippen LogP contribution in [0.3, 0.4) is 0 Å². The van der Waals surface area contributed by atoms with Crippen LogP contribution < -0.4 is 10.6 Å². The van der Waals surface area contributed by atoms with Crippen molar-refractivity contribution >= 4 is 17.9 Å². The SMILES string of the molecule is C#Cc1ccc(C(C(=O)NC(C)CCC)N(CCC)C(=O)C(CO)NC(=O)OC(C)(C)C)cc1. The molecule has 0 spiro atoms. The van der Waals surface area contributed by atoms with E-state index in [-0.39, 0.29) is 18.5 Å². The van der Waals surface area contributed by atoms with Gasteiger partial charge in [-0.15, -0.1) is 6.42 Å². The number of rotatable bonds is 11. The zero-order chi connectivity index (χ0) is 25.9. The van der Waals surface area contributed by atoms with Crippen molar-refractivity contribution in [3.8, 4) is 12.3 Å². The second-order valence-corrected chi connectivity index (χ2v) is 9.28. The van der Waals surface area contributed by atoms with Crippen LogP contribution in [0.25, 0.3) is 0 Å². The van der Waals surface area contributed by atoms with E-state index in [0.717, 1.165) is 12.8 Å². The molecular formula is C26H39N3O5. The lowest BCUT2D eigenvalue weighted by atomic mass is 10.0. The number of carbonyl (C=O) groups is 3. The van der Waals surface area contributed by atoms with Crippen LogP contribution in [0.15, 0.2) is 24.3 Å². The minimum Gasteiger partial charge on any atom is -0.444 e. The molecule has 3 atom stereocenters. The maximum atomic E-state index is 13.5. The Morgan fingerprint density at radius 2 is 1.74 bits per heavy atom. The topological polar surface area (TPSA) is 108 Å². The van der Waals surface area contributed by atoms with Crippen molar-refractivity contribution in [3.63, 3.8) is 0 Å². The van der Waals surface area contributed by atoms with Gasteiger partial charge in [-0.1, -0.05) is 38.3 Å². The zero-order valence-corrected chi connectivity index (χ0v) is 21.2. The van der Waals surface area contributed by atoms with Crippen LogP contribution in [-0.2, 0) is 14.3 Å². The molecule has 0 bridgehead atoms. The molecule has 8 heteroatoms. The number of amides is 3. The zero-order valence-electron chi connectivity index (χ0n) is 21.2. The number of aliphatic hydroxyl groups excluding tert-OH is 1. The highest BCUT2D eigenvalue weighted by atomic mass is 16.6. The fraction of sp³-hybridized carbons (Fsp3) is 0.577. The second kappa shape index (κ2) is 13.6. The Morgan fingerprint density at radius 1 is 1.12 bits per heavy atom. The Bertz CT molecular complexity index is 855. The predicted octanol–water partition coefficient (Wildman–Crippen LogP) is 3.14. The van der Waals surface area contributed by atoms with Gasteiger partial charge in [-0.2, -0.15) is 0 Å². The molecule has 3 N–H and O–H groups in total. The molecule has 188 valence electrons. The highest BCUT2D eigenvalue weighted by Gasteiger charge is 2.36. The van der Waals surface area contributed by atoms with Gasteiger partial charge in [0.2, 0.25) is 11.8 Å². The van der Waals surface area contributed by atoms with Crippen molar-refractivity contribution in [2.45, 2.75) is 84.5 Å². The molecule has 8 nitrogen and oxygen atoms in total. The molecule has 3 amide bonds. The Morgan fingerprint density at radius 3 is 2.21 bits per heavy atom. The van der Waals surface area contributed by atoms with E-state index in [1.54, 1.807) is 45.0 Å². The second-order valence-electron chi connectivity index (χ2n) is 9.28. The summed E-state index contributed by atoms with van der Waals surface area (Å²) in [7, 11) is 0. The van der Waals surface area contributed by atoms with Crippen LogP contribution in [-0.4, -0.2) is 58.8 Å². The van der Waals surface area contributed by atoms with Crippen LogP contribution >= 0.6 is 0 Å². The third-order valence-electron chi connectivity index (χ3n) is 4.98. The van der Waals surface area contributed by atoms with Gasteiger partial charge >= 0.3 is 6.09 Å². The molecule has 0 fully saturated rings. The van der Waals surface area contributed by atoms with Crippen molar-refractivity contribution in [2.75, 3.05) is 13.2 Å². The number of aliphatic hydroxyl groups is 1. The molecule has 0 saturated carbocycles. The molecule has 0 saturated heterocycles. The molecule has 3 unspecified atom stereocenters. The van der Waals surface area contributed by atoms with E-state index in [4.69, 9.17) is 11.2 Å². The number of nitrogens with zero attached hydrogens (tertiary/aromatic N) is 1. The molecule has 34 heavy (non-hydrogen) atoms. The first-order chi connectivity index (χ1) is 16.0. The van der Waals surface area contributed by atoms with Gasteiger partial charge in [0.25, 0.3) is 0 Å². The third kappa shape index (κ3) is 9.06. The Hall–Kier alpha value is -3.05. The van der Waals surface area contributed by atoms with Crippen molar-refractivity contribution < 1.29 is 24.2 Å². The van der Waals surface area contributed by atoms with Gasteiger partial charge in [0.1, 0.15) is 17.7 Å². The minimum absolute atomic E-state index is 0.0860. The van der Waals surface area contributed by atoms with E-state index in [0.29, 0.717) is 17.5 Å². The van der Waals surface area contributed by atoms with E-state index < -0.39 is 36.3 Å². The van der Waals surface area contributed by atoms with Crippen LogP contribution in [0.4, 0.5) is 4.79 Å². The number of nitrogens with one attached hydrogen (secondary N) is 2. The lowest BCUT2D eigenvalue weighted by Crippen LogP contribution is -2.55. The first-order valence-corrected chi connectivity index (χ1v) is 11.7. The Balaban J connectivity index is 3.34. The largest absolute Gasteiger partial charge is 0.444 e. The molecule has 0 radical (unpaired) electrons. The summed E-state index contributed by atoms with van der Waals surface area (Å²) in [5, 5.41) is 15.3. The maximum Gasteiger partial charge on any atom is 0.408 e. The van der Waals surface area contributed by atoms with Gasteiger partial charge in [-0.25, -0.2) is 4.79 Å². The van der Waals surface area contributed by atoms with E-state index in [1.165, 1.54) is 4.90 Å². The van der Waals surface area contributed by atoms with Crippen LogP contribution in [0.1, 0.15) is 78.0 Å². The molecule has 0 aliphatic heterocycles. The monoisotopic (exact) mass is 473 g/mol. The highest BCUT2D eigenvalue weighted by molar-refractivity contribution is 5.92. The van der Waals surface area contributed by atoms with Crippen molar-refractivity contribution in [1.29, 1.82) is 0 Å². The number of hydrogen-bond donors (Lipinski definition) is 3. The van der Waals surface area contributed by atoms with E-state index >= 15 is 0 Å². The van der Waals surface area contributed by atoms with Gasteiger partial charge in [0, 0.05) is 18.2 Å². The van der Waals surface area contributed by atoms with Gasteiger partial charge < -0.3 is 25.4 Å². The summed E-state index contributed by atoms with van der Waals surface area (Å²) in [5.74, 6) is 1.61. The van der Waals surface area contributed by atoms with E-state index in [9.17, 15) is 19.5 Å². The molecule has 1 aromatic carbocycles. The molecule has 0 aliphatic carbocycles. The number of alkyl carbamates (subject to hydrolysis) is 1. The van der Waals surface area contributed by atoms with Crippen LogP contribution in [0, 0.1) is 12.3 Å². The smallest absolute Gasteiger partial charge is 0.408 e. The quantitative estimate of drug-likeness (QED) is 0.428. The van der Waals surface area contributed by atoms with Gasteiger partial charge in [-0.3, -0.25) is 9.59 Å². The fourth-order valence-corrected chi connectivity index (χ4v) is 3.50. The number of benzene rings is 1. The normalized spacial score (nSPS) is 13.7. The van der Waals surface area contributed by atoms with Crippen molar-refractivity contribution in [3.05, 3.63) is 35.4 Å². The summed E-state index contributed by atoms with van der Waals surface area (Å²) in [6, 6.07) is 4.54. The molecule has 1 aromatic rings. The molecule has 0 heterocycles. The summed E-state index contributed by atoms with van der Waals surface area (Å²) in [4.78, 5) is 40.6. The average Bonchev–Trinajstić information content (AvgIpc) is 2.76. The number of carbonyl (C=O) groups excluding carboxylic acids is 3. The van der Waals surface area contributed by atoms with Crippen molar-refractivity contribution in [1.82, 2.24) is 15.5 Å². The van der Waals surface area contributed by atoms with Crippen LogP contribution in [0.2, 0.25) is 0 Å². The molecule has 1 rings (SSSR count). The van der Waals surface area contributed by atoms with Gasteiger partial charge in [0.05, 0.1) is 6.61 Å². The Kier molecular flexibility index (Phi) is 11.6. The molecule has 0 aliphatic rings. The molecular weight excluding hydrogens is 434 g/mol. The summed E-state index contributed by atoms with van der Waals surface area (Å²) >= 11 is 0. The number of terminal acetylenes is 1. The van der Waals surface area contributed by atoms with E-state index in [1.807, 2.05) is 20.8 Å². The summed E-state index contributed by atoms with van der Waals surface area (Å²) < 4.78 is 5.23. The van der Waals surface area contributed by atoms with Gasteiger partial charge in [-0.05, 0) is 58.2 Å². The lowest BCUT2D eigenvalue weighted by molar-refractivity contribution is -0.143. The summed E-state index contributed by atoms with van der Waals surface area (Å²) in [6.45, 7) is 10.5. The first-order valence-electron chi connectivity index (χ1n) is 11.7. The van der Waals surface area contributed by atoms with Crippen molar-refractivity contribution in [2.24, 2.45) is 0 Å². The predicted molar refractivity (Wildman–Crippen MR) is 132 cm³/mol. The first kappa shape index (κ1) is 29.0. The summed E-state index contributed by atoms with van der Waals surface area (Å²) in [5.41, 5.74) is 0.457. The Labute approximate surface area is 203 Å². The third-order valence-corrected chi connectivity index (χ3v) is 4.98. The average molecular weight is 474 g/mol. The number of hydrogen-bond acceptors (Lipinski definition) is 5. The van der Waals surface area contributed by atoms with Crippen LogP contribution in [0.5, 0.6) is 0 Å². The lowest BCUT2D eigenvalue weighted by Gasteiger charge is -2.34. The standard InChI is InChI=1S/C26H39N3O5/c1-8-11-18(4)27-23(31)22(20-14-12-19(10-3)13-15-20)29(16-9-2)24(32)21(17-30)28-25(33)34-26(5,6)7/h3,12-15,18,21-22,30H,8-9,11,16-17H2,1-2,4-7H3,(H,27,31)(H,28,33). The highest BCUT2D eigenvalue weighted by Crippen LogP contribution is 2.24. The van der Waals surface area contributed by atoms with E-state index in [2.05, 4.69) is 16.6 Å².